The summed E-state index contributed by atoms with van der Waals surface area (Å²) in [7, 11) is 0. The molecule has 1 saturated heterocycles. The zero-order valence-corrected chi connectivity index (χ0v) is 19.0. The average molecular weight is 455 g/mol. The van der Waals surface area contributed by atoms with Gasteiger partial charge in [-0.15, -0.1) is 0 Å². The molecule has 1 rings (SSSR count). The maximum atomic E-state index is 12.1. The van der Waals surface area contributed by atoms with Crippen LogP contribution in [-0.4, -0.2) is 62.5 Å². The van der Waals surface area contributed by atoms with Crippen LogP contribution in [-0.2, 0) is 42.9 Å². The van der Waals surface area contributed by atoms with Gasteiger partial charge in [0.05, 0.1) is 26.4 Å². The Morgan fingerprint density at radius 2 is 1.25 bits per heavy atom. The molecule has 0 bridgehead atoms. The van der Waals surface area contributed by atoms with E-state index in [1.54, 1.807) is 13.8 Å². The minimum Gasteiger partial charge on any atom is -0.462 e. The lowest BCUT2D eigenvalue weighted by atomic mass is 10.1. The monoisotopic (exact) mass is 454 g/mol. The number of ether oxygens (including phenoxy) is 5. The van der Waals surface area contributed by atoms with E-state index in [4.69, 9.17) is 23.7 Å². The Hall–Kier alpha value is -2.68. The largest absolute Gasteiger partial charge is 0.462 e. The van der Waals surface area contributed by atoms with Crippen LogP contribution in [0, 0.1) is 0 Å². The van der Waals surface area contributed by atoms with E-state index in [2.05, 4.69) is 13.2 Å². The topological polar surface area (TPSA) is 114 Å². The van der Waals surface area contributed by atoms with Gasteiger partial charge in [-0.1, -0.05) is 13.2 Å². The normalized spacial score (nSPS) is 17.7. The molecule has 0 aromatic rings. The van der Waals surface area contributed by atoms with E-state index in [1.807, 2.05) is 0 Å². The van der Waals surface area contributed by atoms with Crippen molar-refractivity contribution in [2.24, 2.45) is 0 Å². The Labute approximate surface area is 189 Å². The van der Waals surface area contributed by atoms with Gasteiger partial charge in [0, 0.05) is 30.4 Å². The lowest BCUT2D eigenvalue weighted by molar-refractivity contribution is -0.182. The zero-order valence-electron chi connectivity index (χ0n) is 19.0. The number of hydrogen-bond acceptors (Lipinski definition) is 9. The van der Waals surface area contributed by atoms with Crippen LogP contribution in [0.3, 0.4) is 0 Å². The number of hydrogen-bond donors (Lipinski definition) is 0. The van der Waals surface area contributed by atoms with Crippen molar-refractivity contribution >= 4 is 23.9 Å². The molecule has 0 spiro atoms. The average Bonchev–Trinajstić information content (AvgIpc) is 2.74. The van der Waals surface area contributed by atoms with Crippen molar-refractivity contribution in [2.75, 3.05) is 26.4 Å². The molecule has 9 nitrogen and oxygen atoms in total. The molecule has 1 aliphatic heterocycles. The van der Waals surface area contributed by atoms with Gasteiger partial charge in [0.2, 0.25) is 0 Å². The van der Waals surface area contributed by atoms with Crippen LogP contribution in [0.15, 0.2) is 24.3 Å². The van der Waals surface area contributed by atoms with Crippen LogP contribution in [0.25, 0.3) is 0 Å². The van der Waals surface area contributed by atoms with E-state index < -0.39 is 36.1 Å². The highest BCUT2D eigenvalue weighted by molar-refractivity contribution is 5.87. The first-order valence-corrected chi connectivity index (χ1v) is 10.8. The smallest absolute Gasteiger partial charge is 0.333 e. The molecule has 0 aliphatic carbocycles. The Bertz CT molecular complexity index is 625. The molecule has 1 fully saturated rings. The number of esters is 4. The maximum Gasteiger partial charge on any atom is 0.333 e. The van der Waals surface area contributed by atoms with Crippen LogP contribution >= 0.6 is 0 Å². The highest BCUT2D eigenvalue weighted by Crippen LogP contribution is 2.17. The molecule has 9 heteroatoms. The van der Waals surface area contributed by atoms with Gasteiger partial charge in [0.15, 0.2) is 6.10 Å². The third-order valence-corrected chi connectivity index (χ3v) is 4.52. The highest BCUT2D eigenvalue weighted by atomic mass is 16.6. The second kappa shape index (κ2) is 15.2. The Morgan fingerprint density at radius 3 is 1.72 bits per heavy atom. The molecule has 0 aromatic carbocycles. The van der Waals surface area contributed by atoms with Gasteiger partial charge in [0.25, 0.3) is 0 Å². The fraction of sp³-hybridized carbons (Fsp3) is 0.652. The Balaban J connectivity index is 2.26. The van der Waals surface area contributed by atoms with Crippen molar-refractivity contribution in [1.82, 2.24) is 0 Å². The summed E-state index contributed by atoms with van der Waals surface area (Å²) in [4.78, 5) is 46.8. The van der Waals surface area contributed by atoms with Crippen molar-refractivity contribution in [3.8, 4) is 0 Å². The second-order valence-corrected chi connectivity index (χ2v) is 7.67. The van der Waals surface area contributed by atoms with E-state index in [0.29, 0.717) is 49.9 Å². The molecule has 0 saturated carbocycles. The van der Waals surface area contributed by atoms with Gasteiger partial charge < -0.3 is 23.7 Å². The Morgan fingerprint density at radius 1 is 0.781 bits per heavy atom. The third kappa shape index (κ3) is 11.6. The van der Waals surface area contributed by atoms with Crippen LogP contribution in [0.5, 0.6) is 0 Å². The van der Waals surface area contributed by atoms with Crippen molar-refractivity contribution < 1.29 is 42.9 Å². The molecule has 0 aromatic heterocycles. The summed E-state index contributed by atoms with van der Waals surface area (Å²) in [6.07, 6.45) is 1.61. The molecule has 1 heterocycles. The van der Waals surface area contributed by atoms with E-state index >= 15 is 0 Å². The minimum atomic E-state index is -0.655. The fourth-order valence-electron chi connectivity index (χ4n) is 2.71. The summed E-state index contributed by atoms with van der Waals surface area (Å²) < 4.78 is 26.2. The first kappa shape index (κ1) is 27.4. The zero-order chi connectivity index (χ0) is 23.9. The lowest BCUT2D eigenvalue weighted by Gasteiger charge is -2.30. The number of rotatable bonds is 14. The predicted octanol–water partition coefficient (Wildman–Crippen LogP) is 2.81. The van der Waals surface area contributed by atoms with Crippen LogP contribution in [0.4, 0.5) is 0 Å². The van der Waals surface area contributed by atoms with E-state index in [1.165, 1.54) is 0 Å². The molecule has 0 amide bonds. The van der Waals surface area contributed by atoms with Crippen molar-refractivity contribution in [1.29, 1.82) is 0 Å². The molecule has 0 radical (unpaired) electrons. The van der Waals surface area contributed by atoms with Gasteiger partial charge >= 0.3 is 23.9 Å². The van der Waals surface area contributed by atoms with Crippen LogP contribution < -0.4 is 0 Å². The van der Waals surface area contributed by atoms with Crippen molar-refractivity contribution in [3.63, 3.8) is 0 Å². The van der Waals surface area contributed by atoms with Crippen molar-refractivity contribution in [2.45, 2.75) is 71.0 Å². The van der Waals surface area contributed by atoms with Crippen LogP contribution in [0.1, 0.15) is 58.8 Å². The number of unbranched alkanes of at least 4 members (excludes halogenated alkanes) is 2. The van der Waals surface area contributed by atoms with E-state index in [9.17, 15) is 19.2 Å². The molecular formula is C23H34O9. The fourth-order valence-corrected chi connectivity index (χ4v) is 2.71. The first-order valence-electron chi connectivity index (χ1n) is 10.8. The summed E-state index contributed by atoms with van der Waals surface area (Å²) in [5.74, 6) is -1.73. The summed E-state index contributed by atoms with van der Waals surface area (Å²) in [6.45, 7) is 11.1. The summed E-state index contributed by atoms with van der Waals surface area (Å²) in [5, 5.41) is 0. The predicted molar refractivity (Wildman–Crippen MR) is 114 cm³/mol. The second-order valence-electron chi connectivity index (χ2n) is 7.67. The molecule has 0 N–H and O–H groups in total. The lowest BCUT2D eigenvalue weighted by Crippen LogP contribution is -2.43. The molecule has 2 atom stereocenters. The molecule has 32 heavy (non-hydrogen) atoms. The van der Waals surface area contributed by atoms with Crippen molar-refractivity contribution in [3.05, 3.63) is 24.3 Å². The number of carbonyl (C=O) groups is 4. The van der Waals surface area contributed by atoms with Gasteiger partial charge in [-0.25, -0.2) is 9.59 Å². The number of carbonyl (C=O) groups excluding carboxylic acids is 4. The van der Waals surface area contributed by atoms with Gasteiger partial charge in [0.1, 0.15) is 6.10 Å². The summed E-state index contributed by atoms with van der Waals surface area (Å²) in [6, 6.07) is 0. The maximum absolute atomic E-state index is 12.1. The standard InChI is InChI=1S/C23H34O9/c1-16(2)22(26)29-12-7-5-9-20(24)31-18-11-14-28-15-19(18)32-21(25)10-6-8-13-30-23(27)17(3)4/h18-19H,1,3,5-15H2,2,4H3/t18-,19-/m1/s1. The SMILES string of the molecule is C=C(C)C(=O)OCCCCC(=O)O[C@@H]1CCOC[C@H]1OC(=O)CCCCOC(=O)C(=C)C. The molecule has 0 unspecified atom stereocenters. The van der Waals surface area contributed by atoms with E-state index in [0.717, 1.165) is 0 Å². The molecule has 1 aliphatic rings. The summed E-state index contributed by atoms with van der Waals surface area (Å²) >= 11 is 0. The summed E-state index contributed by atoms with van der Waals surface area (Å²) in [5.41, 5.74) is 0.657. The minimum absolute atomic E-state index is 0.157. The Kier molecular flexibility index (Phi) is 13.0. The third-order valence-electron chi connectivity index (χ3n) is 4.52. The van der Waals surface area contributed by atoms with Crippen LogP contribution in [0.2, 0.25) is 0 Å². The molecular weight excluding hydrogens is 420 g/mol. The van der Waals surface area contributed by atoms with Gasteiger partial charge in [-0.2, -0.15) is 0 Å². The first-order chi connectivity index (χ1) is 15.2. The van der Waals surface area contributed by atoms with Gasteiger partial charge in [-0.3, -0.25) is 9.59 Å². The quantitative estimate of drug-likeness (QED) is 0.169. The van der Waals surface area contributed by atoms with Gasteiger partial charge in [-0.05, 0) is 39.5 Å². The van der Waals surface area contributed by atoms with E-state index in [-0.39, 0.29) is 32.7 Å². The molecule has 180 valence electrons. The highest BCUT2D eigenvalue weighted by Gasteiger charge is 2.32.